The lowest BCUT2D eigenvalue weighted by atomic mass is 9.81. The van der Waals surface area contributed by atoms with E-state index in [1.165, 1.54) is 29.1 Å². The van der Waals surface area contributed by atoms with Gasteiger partial charge in [-0.25, -0.2) is 22.8 Å². The molecule has 21 nitrogen and oxygen atoms in total. The van der Waals surface area contributed by atoms with Crippen molar-refractivity contribution in [1.82, 2.24) is 21.3 Å². The second-order valence-corrected chi connectivity index (χ2v) is 23.8. The van der Waals surface area contributed by atoms with E-state index in [-0.39, 0.29) is 68.6 Å². The van der Waals surface area contributed by atoms with Gasteiger partial charge in [0.15, 0.2) is 5.71 Å². The Hall–Kier alpha value is -7.66. The highest BCUT2D eigenvalue weighted by Gasteiger charge is 2.44. The maximum Gasteiger partial charge on any atom is 0.326 e. The quantitative estimate of drug-likeness (QED) is 0.0166. The summed E-state index contributed by atoms with van der Waals surface area (Å²) in [6.07, 6.45) is 14.7. The van der Waals surface area contributed by atoms with E-state index in [9.17, 15) is 52.0 Å². The van der Waals surface area contributed by atoms with E-state index in [0.717, 1.165) is 72.5 Å². The number of carbonyl (C=O) groups excluding carboxylic acids is 3. The largest absolute Gasteiger partial charge is 0.744 e. The van der Waals surface area contributed by atoms with Crippen LogP contribution in [0.5, 0.6) is 5.75 Å². The topological polar surface area (TPSA) is 302 Å². The van der Waals surface area contributed by atoms with Crippen molar-refractivity contribution < 1.29 is 75.8 Å². The summed E-state index contributed by atoms with van der Waals surface area (Å²) in [5, 5.41) is 37.2. The molecular weight excluding hydrogens is 1120 g/mol. The number of fused-ring (bicyclic) bond motifs is 2. The number of ether oxygens (including phenoxy) is 3. The molecule has 2 aliphatic heterocycles. The van der Waals surface area contributed by atoms with Gasteiger partial charge in [0.05, 0.1) is 30.1 Å². The number of amides is 4. The molecule has 3 aliphatic rings. The maximum atomic E-state index is 12.8. The lowest BCUT2D eigenvalue weighted by Crippen LogP contribution is -2.51. The van der Waals surface area contributed by atoms with Crippen molar-refractivity contribution in [3.63, 3.8) is 0 Å². The minimum absolute atomic E-state index is 0.0157. The van der Waals surface area contributed by atoms with Crippen LogP contribution in [0.2, 0.25) is 0 Å². The molecule has 86 heavy (non-hydrogen) atoms. The summed E-state index contributed by atoms with van der Waals surface area (Å²) in [7, 11) is -4.73. The van der Waals surface area contributed by atoms with Gasteiger partial charge in [0.2, 0.25) is 17.5 Å². The molecule has 3 aromatic carbocycles. The minimum Gasteiger partial charge on any atom is -0.744 e. The molecule has 0 saturated heterocycles. The van der Waals surface area contributed by atoms with Crippen molar-refractivity contribution in [3.05, 3.63) is 138 Å². The molecule has 2 atom stereocenters. The molecule has 2 radical (unpaired) electrons. The van der Waals surface area contributed by atoms with Gasteiger partial charge in [-0.15, -0.1) is 0 Å². The van der Waals surface area contributed by atoms with Crippen molar-refractivity contribution in [2.45, 2.75) is 145 Å². The zero-order valence-corrected chi connectivity index (χ0v) is 50.4. The van der Waals surface area contributed by atoms with Crippen LogP contribution in [0, 0.1) is 6.92 Å². The average Bonchev–Trinajstić information content (AvgIpc) is 4.06. The van der Waals surface area contributed by atoms with Crippen LogP contribution in [0.25, 0.3) is 0 Å². The number of allylic oxidation sites excluding steroid dienone is 7. The van der Waals surface area contributed by atoms with E-state index >= 15 is 0 Å². The highest BCUT2D eigenvalue weighted by molar-refractivity contribution is 7.85. The van der Waals surface area contributed by atoms with Crippen LogP contribution in [-0.4, -0.2) is 139 Å². The van der Waals surface area contributed by atoms with E-state index in [1.54, 1.807) is 6.07 Å². The number of carbonyl (C=O) groups is 6. The highest BCUT2D eigenvalue weighted by atomic mass is 32.2. The van der Waals surface area contributed by atoms with Gasteiger partial charge >= 0.3 is 23.9 Å². The number of carboxylic acid groups (broad SMARTS) is 3. The Balaban J connectivity index is 0.977. The number of rotatable bonds is 35. The predicted octanol–water partition coefficient (Wildman–Crippen LogP) is 8.21. The fourth-order valence-electron chi connectivity index (χ4n) is 10.9. The molecule has 3 aromatic rings. The molecule has 1 aliphatic carbocycles. The molecule has 7 N–H and O–H groups in total. The van der Waals surface area contributed by atoms with Crippen molar-refractivity contribution in [1.29, 1.82) is 0 Å². The summed E-state index contributed by atoms with van der Waals surface area (Å²) in [5.74, 6) is -3.10. The fraction of sp³-hybridized carbons (Fsp3) is 0.469. The molecular formula is C64H82N6O15S. The third-order valence-corrected chi connectivity index (χ3v) is 16.2. The van der Waals surface area contributed by atoms with Crippen LogP contribution in [0.15, 0.2) is 125 Å². The van der Waals surface area contributed by atoms with E-state index in [1.807, 2.05) is 44.2 Å². The molecule has 0 bridgehead atoms. The second kappa shape index (κ2) is 32.2. The van der Waals surface area contributed by atoms with Gasteiger partial charge in [-0.2, -0.15) is 4.58 Å². The number of urea groups is 1. The monoisotopic (exact) mass is 1210 g/mol. The summed E-state index contributed by atoms with van der Waals surface area (Å²) < 4.78 is 57.1. The third kappa shape index (κ3) is 19.2. The van der Waals surface area contributed by atoms with Crippen LogP contribution in [0.1, 0.15) is 129 Å². The van der Waals surface area contributed by atoms with Crippen molar-refractivity contribution in [2.24, 2.45) is 0 Å². The number of hydrogen-bond donors (Lipinski definition) is 7. The Morgan fingerprint density at radius 2 is 1.43 bits per heavy atom. The van der Waals surface area contributed by atoms with E-state index in [4.69, 9.17) is 26.2 Å². The average molecular weight is 1210 g/mol. The van der Waals surface area contributed by atoms with Gasteiger partial charge in [0.25, 0.3) is 0 Å². The first-order valence-electron chi connectivity index (χ1n) is 29.3. The number of carboxylic acids is 3. The van der Waals surface area contributed by atoms with Crippen LogP contribution < -0.4 is 30.9 Å². The molecule has 464 valence electrons. The number of unbranched alkanes of at least 4 members (excludes halogenated alkanes) is 4. The van der Waals surface area contributed by atoms with Crippen LogP contribution in [0.4, 0.5) is 16.2 Å². The highest BCUT2D eigenvalue weighted by Crippen LogP contribution is 2.49. The molecule has 0 spiro atoms. The van der Waals surface area contributed by atoms with E-state index < -0.39 is 63.9 Å². The lowest BCUT2D eigenvalue weighted by Gasteiger charge is -2.27. The Morgan fingerprint density at radius 3 is 2.14 bits per heavy atom. The zero-order valence-electron chi connectivity index (χ0n) is 49.6. The summed E-state index contributed by atoms with van der Waals surface area (Å²) in [6, 6.07) is 18.9. The summed E-state index contributed by atoms with van der Waals surface area (Å²) >= 11 is 0. The van der Waals surface area contributed by atoms with Gasteiger partial charge in [-0.3, -0.25) is 14.4 Å². The maximum absolute atomic E-state index is 12.8. The van der Waals surface area contributed by atoms with Gasteiger partial charge in [0.1, 0.15) is 46.9 Å². The number of anilines is 1. The molecule has 2 heterocycles. The van der Waals surface area contributed by atoms with Crippen LogP contribution in [-0.2, 0) is 54.4 Å². The molecule has 22 heteroatoms. The van der Waals surface area contributed by atoms with Gasteiger partial charge in [0, 0.05) is 73.4 Å². The molecule has 0 aromatic heterocycles. The number of para-hydroxylation sites is 2. The Labute approximate surface area is 504 Å². The second-order valence-electron chi connectivity index (χ2n) is 22.4. The Kier molecular flexibility index (Phi) is 25.2. The first-order valence-corrected chi connectivity index (χ1v) is 30.7. The standard InChI is InChI=1S/C64H82N6O15S/c1-6-7-37-69-52-25-14-13-23-48(52)63(2,3)54(69)32-27-44-19-18-20-45(59(44)85-46-21-10-8-11-22-46)28-33-55-64(4,5)49-42-47(86(80,81)82)29-31-53(49)70(55)38-17-9-12-26-56(71)66-36-39-83-40-41-84-43-57(72)65-35-16-15-24-50(60(75)76)67-62(79)68-51(61(77)78)30-34-58(73)74/h1,8,10-11,13-14,21-23,25,27-29,31-33,42,50-51H,6-7,9,12,15-20,24,26,30,34-41,43H2,2-5H3,(H7-,65,66,67,68,71,72,73,74,75,76,77,78,79,80,81,82)/t50-,51-/m0/s1. The van der Waals surface area contributed by atoms with Crippen LogP contribution in [0.3, 0.4) is 0 Å². The predicted molar refractivity (Wildman–Crippen MR) is 322 cm³/mol. The number of nitrogens with zero attached hydrogens (tertiary/aromatic N) is 2. The minimum atomic E-state index is -4.73. The number of benzene rings is 3. The van der Waals surface area contributed by atoms with Crippen molar-refractivity contribution in [3.8, 4) is 5.75 Å². The lowest BCUT2D eigenvalue weighted by molar-refractivity contribution is -0.438. The van der Waals surface area contributed by atoms with Gasteiger partial charge in [-0.1, -0.05) is 62.7 Å². The van der Waals surface area contributed by atoms with Gasteiger partial charge < -0.3 is 60.2 Å². The summed E-state index contributed by atoms with van der Waals surface area (Å²) in [4.78, 5) is 72.9. The smallest absolute Gasteiger partial charge is 0.326 e. The zero-order chi connectivity index (χ0) is 62.4. The third-order valence-electron chi connectivity index (χ3n) is 15.4. The van der Waals surface area contributed by atoms with E-state index in [2.05, 4.69) is 93.2 Å². The number of nitrogens with one attached hydrogen (secondary N) is 4. The normalized spacial score (nSPS) is 16.9. The van der Waals surface area contributed by atoms with Crippen molar-refractivity contribution in [2.75, 3.05) is 57.5 Å². The molecule has 6 rings (SSSR count). The SMILES string of the molecule is [CH]CCC[N+]1=C(/C=C/C2=C(Oc3ccccc3)C(=C/C=C3/N(CCCCCC(=O)NCCOCCOCC(=O)NCCCC[C@H](NC(=O)N[C@@H](CCC(=O)O)C(=O)O)C(=O)O)c4ccc(S(=O)(=O)[O-])cc4C3(C)C)/CCC2)C(C)(C)c2ccccc21. The fourth-order valence-corrected chi connectivity index (χ4v) is 11.4. The van der Waals surface area contributed by atoms with E-state index in [0.29, 0.717) is 50.8 Å². The molecule has 0 saturated carbocycles. The first kappa shape index (κ1) is 67.5. The van der Waals surface area contributed by atoms with Gasteiger partial charge in [-0.05, 0) is 144 Å². The first-order chi connectivity index (χ1) is 41.0. The Bertz CT molecular complexity index is 3170. The molecule has 0 fully saturated rings. The summed E-state index contributed by atoms with van der Waals surface area (Å²) in [5.41, 5.74) is 7.27. The summed E-state index contributed by atoms with van der Waals surface area (Å²) in [6.45, 7) is 16.7. The van der Waals surface area contributed by atoms with Crippen LogP contribution >= 0.6 is 0 Å². The van der Waals surface area contributed by atoms with Crippen molar-refractivity contribution >= 4 is 63.0 Å². The molecule has 0 unspecified atom stereocenters. The number of aliphatic carboxylic acids is 3. The molecule has 4 amide bonds. The Morgan fingerprint density at radius 1 is 0.733 bits per heavy atom. The number of hydrogen-bond acceptors (Lipinski definition) is 13.